The molecule has 23 heavy (non-hydrogen) atoms. The summed E-state index contributed by atoms with van der Waals surface area (Å²) in [7, 11) is -0.825. The van der Waals surface area contributed by atoms with Gasteiger partial charge in [0.25, 0.3) is 10.0 Å². The zero-order valence-corrected chi connectivity index (χ0v) is 13.8. The lowest BCUT2D eigenvalue weighted by atomic mass is 10.0. The summed E-state index contributed by atoms with van der Waals surface area (Å²) in [6.45, 7) is 0.432. The number of rotatable bonds is 3. The second kappa shape index (κ2) is 5.73. The van der Waals surface area contributed by atoms with Gasteiger partial charge in [0, 0.05) is 19.8 Å². The van der Waals surface area contributed by atoms with Gasteiger partial charge in [0.05, 0.1) is 12.8 Å². The zero-order chi connectivity index (χ0) is 16.6. The van der Waals surface area contributed by atoms with Crippen LogP contribution in [0.3, 0.4) is 0 Å². The Balaban J connectivity index is 2.05. The zero-order valence-electron chi connectivity index (χ0n) is 13.0. The van der Waals surface area contributed by atoms with Crippen LogP contribution in [0.15, 0.2) is 41.4 Å². The van der Waals surface area contributed by atoms with Gasteiger partial charge in [0.15, 0.2) is 0 Å². The van der Waals surface area contributed by atoms with Crippen LogP contribution < -0.4 is 4.31 Å². The largest absolute Gasteiger partial charge is 0.464 e. The number of esters is 1. The number of aryl methyl sites for hydroxylation is 2. The van der Waals surface area contributed by atoms with Crippen LogP contribution in [0.2, 0.25) is 0 Å². The molecule has 1 aliphatic rings. The first-order valence-electron chi connectivity index (χ1n) is 7.30. The van der Waals surface area contributed by atoms with Gasteiger partial charge in [0.2, 0.25) is 0 Å². The maximum Gasteiger partial charge on any atom is 0.354 e. The van der Waals surface area contributed by atoms with Gasteiger partial charge in [-0.05, 0) is 30.5 Å². The van der Waals surface area contributed by atoms with Gasteiger partial charge in [0.1, 0.15) is 10.6 Å². The molecule has 0 bridgehead atoms. The molecule has 0 atom stereocenters. The first kappa shape index (κ1) is 15.6. The first-order chi connectivity index (χ1) is 10.9. The molecule has 0 spiro atoms. The summed E-state index contributed by atoms with van der Waals surface area (Å²) in [5.74, 6) is -0.562. The average molecular weight is 334 g/mol. The van der Waals surface area contributed by atoms with Crippen LogP contribution in [-0.4, -0.2) is 32.6 Å². The third-order valence-electron chi connectivity index (χ3n) is 4.03. The number of ether oxygens (including phenoxy) is 1. The van der Waals surface area contributed by atoms with Crippen molar-refractivity contribution in [3.05, 3.63) is 47.8 Å². The van der Waals surface area contributed by atoms with Gasteiger partial charge in [-0.1, -0.05) is 18.2 Å². The van der Waals surface area contributed by atoms with E-state index in [9.17, 15) is 13.2 Å². The topological polar surface area (TPSA) is 68.6 Å². The first-order valence-corrected chi connectivity index (χ1v) is 8.74. The summed E-state index contributed by atoms with van der Waals surface area (Å²) >= 11 is 0. The third-order valence-corrected chi connectivity index (χ3v) is 5.81. The minimum atomic E-state index is -3.71. The van der Waals surface area contributed by atoms with E-state index in [0.717, 1.165) is 18.4 Å². The highest BCUT2D eigenvalue weighted by Crippen LogP contribution is 2.32. The Morgan fingerprint density at radius 2 is 2.00 bits per heavy atom. The highest BCUT2D eigenvalue weighted by molar-refractivity contribution is 7.92. The number of methoxy groups -OCH3 is 1. The summed E-state index contributed by atoms with van der Waals surface area (Å²) in [5, 5.41) is 0. The Bertz CT molecular complexity index is 855. The molecule has 0 N–H and O–H groups in total. The van der Waals surface area contributed by atoms with E-state index in [1.165, 1.54) is 28.2 Å². The lowest BCUT2D eigenvalue weighted by Gasteiger charge is -2.30. The van der Waals surface area contributed by atoms with Gasteiger partial charge < -0.3 is 9.30 Å². The molecule has 0 saturated carbocycles. The molecule has 2 aromatic rings. The Kier molecular flexibility index (Phi) is 3.89. The number of benzene rings is 1. The molecule has 6 nitrogen and oxygen atoms in total. The van der Waals surface area contributed by atoms with Crippen molar-refractivity contribution < 1.29 is 17.9 Å². The predicted octanol–water partition coefficient (Wildman–Crippen LogP) is 1.95. The lowest BCUT2D eigenvalue weighted by molar-refractivity contribution is 0.0590. The molecule has 3 rings (SSSR count). The second-order valence-corrected chi connectivity index (χ2v) is 7.34. The van der Waals surface area contributed by atoms with Crippen molar-refractivity contribution in [3.8, 4) is 0 Å². The van der Waals surface area contributed by atoms with E-state index < -0.39 is 16.0 Å². The van der Waals surface area contributed by atoms with E-state index in [1.807, 2.05) is 24.3 Å². The molecule has 7 heteroatoms. The maximum atomic E-state index is 13.0. The minimum absolute atomic E-state index is 0.0945. The number of fused-ring (bicyclic) bond motifs is 1. The van der Waals surface area contributed by atoms with E-state index in [-0.39, 0.29) is 10.6 Å². The van der Waals surface area contributed by atoms with Crippen molar-refractivity contribution in [2.75, 3.05) is 18.0 Å². The summed E-state index contributed by atoms with van der Waals surface area (Å²) in [6.07, 6.45) is 3.08. The molecule has 0 amide bonds. The fourth-order valence-electron chi connectivity index (χ4n) is 2.86. The number of nitrogens with zero attached hydrogens (tertiary/aromatic N) is 2. The number of sulfonamides is 1. The Morgan fingerprint density at radius 3 is 2.74 bits per heavy atom. The van der Waals surface area contributed by atoms with Gasteiger partial charge in [-0.25, -0.2) is 13.2 Å². The van der Waals surface area contributed by atoms with E-state index in [1.54, 1.807) is 7.05 Å². The summed E-state index contributed by atoms with van der Waals surface area (Å²) in [6, 6.07) is 8.86. The number of para-hydroxylation sites is 1. The number of aromatic nitrogens is 1. The van der Waals surface area contributed by atoms with Crippen molar-refractivity contribution >= 4 is 21.7 Å². The van der Waals surface area contributed by atoms with E-state index in [0.29, 0.717) is 12.2 Å². The SMILES string of the molecule is COC(=O)c1cc(S(=O)(=O)N2CCCc3ccccc32)cn1C. The molecule has 0 unspecified atom stereocenters. The number of anilines is 1. The summed E-state index contributed by atoms with van der Waals surface area (Å²) in [5.41, 5.74) is 1.94. The fourth-order valence-corrected chi connectivity index (χ4v) is 4.47. The number of hydrogen-bond donors (Lipinski definition) is 0. The number of carbonyl (C=O) groups excluding carboxylic acids is 1. The highest BCUT2D eigenvalue weighted by Gasteiger charge is 2.30. The van der Waals surface area contributed by atoms with Gasteiger partial charge in [-0.2, -0.15) is 0 Å². The summed E-state index contributed by atoms with van der Waals surface area (Å²) in [4.78, 5) is 11.8. The monoisotopic (exact) mass is 334 g/mol. The lowest BCUT2D eigenvalue weighted by Crippen LogP contribution is -2.35. The molecule has 1 aliphatic heterocycles. The Labute approximate surface area is 135 Å². The smallest absolute Gasteiger partial charge is 0.354 e. The van der Waals surface area contributed by atoms with Crippen molar-refractivity contribution in [1.29, 1.82) is 0 Å². The Hall–Kier alpha value is -2.28. The van der Waals surface area contributed by atoms with Crippen molar-refractivity contribution in [3.63, 3.8) is 0 Å². The van der Waals surface area contributed by atoms with Gasteiger partial charge in [-0.15, -0.1) is 0 Å². The van der Waals surface area contributed by atoms with Crippen LogP contribution in [0.5, 0.6) is 0 Å². The average Bonchev–Trinajstić information content (AvgIpc) is 2.96. The summed E-state index contributed by atoms with van der Waals surface area (Å²) < 4.78 is 33.5. The second-order valence-electron chi connectivity index (χ2n) is 5.47. The normalized spacial score (nSPS) is 14.4. The predicted molar refractivity (Wildman–Crippen MR) is 86.0 cm³/mol. The molecule has 1 aromatic heterocycles. The molecule has 0 fully saturated rings. The molecular formula is C16H18N2O4S. The van der Waals surface area contributed by atoms with Gasteiger partial charge in [-0.3, -0.25) is 4.31 Å². The fraction of sp³-hybridized carbons (Fsp3) is 0.312. The van der Waals surface area contributed by atoms with Crippen molar-refractivity contribution in [1.82, 2.24) is 4.57 Å². The minimum Gasteiger partial charge on any atom is -0.464 e. The van der Waals surface area contributed by atoms with Crippen LogP contribution in [0.4, 0.5) is 5.69 Å². The molecule has 0 saturated heterocycles. The molecule has 122 valence electrons. The van der Waals surface area contributed by atoms with Crippen molar-refractivity contribution in [2.24, 2.45) is 7.05 Å². The quantitative estimate of drug-likeness (QED) is 0.805. The van der Waals surface area contributed by atoms with Crippen LogP contribution >= 0.6 is 0 Å². The Morgan fingerprint density at radius 1 is 1.26 bits per heavy atom. The van der Waals surface area contributed by atoms with Crippen molar-refractivity contribution in [2.45, 2.75) is 17.7 Å². The standard InChI is InChI=1S/C16H18N2O4S/c1-17-11-13(10-15(17)16(19)22-2)23(20,21)18-9-5-7-12-6-3-4-8-14(12)18/h3-4,6,8,10-11H,5,7,9H2,1-2H3. The van der Waals surface area contributed by atoms with Crippen LogP contribution in [0.1, 0.15) is 22.5 Å². The molecule has 0 aliphatic carbocycles. The van der Waals surface area contributed by atoms with E-state index in [4.69, 9.17) is 0 Å². The number of hydrogen-bond acceptors (Lipinski definition) is 4. The molecule has 0 radical (unpaired) electrons. The molecule has 1 aromatic carbocycles. The van der Waals surface area contributed by atoms with Crippen LogP contribution in [0, 0.1) is 0 Å². The van der Waals surface area contributed by atoms with E-state index >= 15 is 0 Å². The highest BCUT2D eigenvalue weighted by atomic mass is 32.2. The molecular weight excluding hydrogens is 316 g/mol. The van der Waals surface area contributed by atoms with E-state index in [2.05, 4.69) is 4.74 Å². The maximum absolute atomic E-state index is 13.0. The third kappa shape index (κ3) is 2.61. The molecule has 2 heterocycles. The van der Waals surface area contributed by atoms with Crippen LogP contribution in [0.25, 0.3) is 0 Å². The number of carbonyl (C=O) groups is 1. The van der Waals surface area contributed by atoms with Gasteiger partial charge >= 0.3 is 5.97 Å². The van der Waals surface area contributed by atoms with Crippen LogP contribution in [-0.2, 0) is 28.2 Å².